The van der Waals surface area contributed by atoms with Crippen LogP contribution in [-0.2, 0) is 0 Å². The maximum Gasteiger partial charge on any atom is 0.0273 e. The van der Waals surface area contributed by atoms with Gasteiger partial charge in [0.2, 0.25) is 0 Å². The van der Waals surface area contributed by atoms with Gasteiger partial charge < -0.3 is 0 Å². The lowest BCUT2D eigenvalue weighted by atomic mass is 9.92. The minimum absolute atomic E-state index is 0.576. The van der Waals surface area contributed by atoms with Gasteiger partial charge in [-0.2, -0.15) is 0 Å². The second-order valence-electron chi connectivity index (χ2n) is 3.80. The Hall–Kier alpha value is -1.11. The van der Waals surface area contributed by atoms with Crippen LogP contribution in [0.15, 0.2) is 30.1 Å². The Morgan fingerprint density at radius 3 is 2.08 bits per heavy atom. The summed E-state index contributed by atoms with van der Waals surface area (Å²) < 4.78 is 0. The lowest BCUT2D eigenvalue weighted by molar-refractivity contribution is 0.846. The van der Waals surface area contributed by atoms with Crippen molar-refractivity contribution in [3.05, 3.63) is 35.7 Å². The van der Waals surface area contributed by atoms with Crippen LogP contribution in [0.3, 0.4) is 0 Å². The Kier molecular flexibility index (Phi) is 3.24. The highest BCUT2D eigenvalue weighted by Crippen LogP contribution is 2.25. The molecule has 1 rings (SSSR count). The third kappa shape index (κ3) is 2.41. The maximum atomic E-state index is 4.02. The number of aromatic nitrogens is 1. The number of allylic oxidation sites excluding steroid dienone is 2. The zero-order chi connectivity index (χ0) is 9.84. The fourth-order valence-electron chi connectivity index (χ4n) is 1.73. The summed E-state index contributed by atoms with van der Waals surface area (Å²) in [4.78, 5) is 4.02. The van der Waals surface area contributed by atoms with Crippen molar-refractivity contribution in [1.29, 1.82) is 0 Å². The van der Waals surface area contributed by atoms with E-state index in [9.17, 15) is 0 Å². The Bertz CT molecular complexity index is 292. The van der Waals surface area contributed by atoms with E-state index in [1.807, 2.05) is 12.4 Å². The molecule has 1 heteroatoms. The number of pyridine rings is 1. The summed E-state index contributed by atoms with van der Waals surface area (Å²) in [6.07, 6.45) is 3.70. The van der Waals surface area contributed by atoms with Gasteiger partial charge in [0.25, 0.3) is 0 Å². The Morgan fingerprint density at radius 1 is 1.15 bits per heavy atom. The fourth-order valence-corrected chi connectivity index (χ4v) is 1.73. The summed E-state index contributed by atoms with van der Waals surface area (Å²) >= 11 is 0. The Labute approximate surface area is 80.5 Å². The van der Waals surface area contributed by atoms with E-state index in [0.717, 1.165) is 0 Å². The molecule has 1 aromatic heterocycles. The van der Waals surface area contributed by atoms with Crippen molar-refractivity contribution in [3.63, 3.8) is 0 Å². The normalized spacial score (nSPS) is 10.2. The van der Waals surface area contributed by atoms with Gasteiger partial charge in [0.05, 0.1) is 0 Å². The number of hydrogen-bond acceptors (Lipinski definition) is 1. The van der Waals surface area contributed by atoms with Crippen LogP contribution in [0.5, 0.6) is 0 Å². The fraction of sp³-hybridized carbons (Fsp3) is 0.417. The molecule has 0 amide bonds. The summed E-state index contributed by atoms with van der Waals surface area (Å²) in [5.74, 6) is 0.576. The van der Waals surface area contributed by atoms with Gasteiger partial charge in [0.1, 0.15) is 0 Å². The SMILES string of the molecule is CC(C)=C(c1ccncc1)C(C)C. The molecule has 0 aliphatic carbocycles. The zero-order valence-electron chi connectivity index (χ0n) is 8.83. The molecular weight excluding hydrogens is 158 g/mol. The first-order valence-corrected chi connectivity index (χ1v) is 4.70. The molecule has 1 nitrogen and oxygen atoms in total. The van der Waals surface area contributed by atoms with Crippen LogP contribution in [0.4, 0.5) is 0 Å². The molecule has 0 aliphatic heterocycles. The van der Waals surface area contributed by atoms with Gasteiger partial charge in [-0.05, 0) is 43.0 Å². The zero-order valence-corrected chi connectivity index (χ0v) is 8.83. The predicted octanol–water partition coefficient (Wildman–Crippen LogP) is 3.53. The van der Waals surface area contributed by atoms with Gasteiger partial charge in [-0.25, -0.2) is 0 Å². The summed E-state index contributed by atoms with van der Waals surface area (Å²) in [7, 11) is 0. The average molecular weight is 175 g/mol. The summed E-state index contributed by atoms with van der Waals surface area (Å²) in [6, 6.07) is 4.14. The molecule has 0 saturated carbocycles. The summed E-state index contributed by atoms with van der Waals surface area (Å²) in [6.45, 7) is 8.77. The second-order valence-corrected chi connectivity index (χ2v) is 3.80. The van der Waals surface area contributed by atoms with Crippen LogP contribution in [0, 0.1) is 5.92 Å². The topological polar surface area (TPSA) is 12.9 Å². The van der Waals surface area contributed by atoms with E-state index in [4.69, 9.17) is 0 Å². The molecule has 70 valence electrons. The van der Waals surface area contributed by atoms with Crippen molar-refractivity contribution in [2.75, 3.05) is 0 Å². The molecule has 0 unspecified atom stereocenters. The largest absolute Gasteiger partial charge is 0.265 e. The van der Waals surface area contributed by atoms with E-state index in [2.05, 4.69) is 44.8 Å². The second kappa shape index (κ2) is 4.22. The molecule has 0 bridgehead atoms. The lowest BCUT2D eigenvalue weighted by Crippen LogP contribution is -1.96. The van der Waals surface area contributed by atoms with E-state index < -0.39 is 0 Å². The Morgan fingerprint density at radius 2 is 1.69 bits per heavy atom. The van der Waals surface area contributed by atoms with Crippen LogP contribution in [0.1, 0.15) is 33.3 Å². The first-order valence-electron chi connectivity index (χ1n) is 4.70. The highest BCUT2D eigenvalue weighted by Gasteiger charge is 2.06. The molecule has 0 radical (unpaired) electrons. The molecular formula is C12H17N. The van der Waals surface area contributed by atoms with E-state index in [0.29, 0.717) is 5.92 Å². The van der Waals surface area contributed by atoms with Crippen LogP contribution < -0.4 is 0 Å². The molecule has 0 N–H and O–H groups in total. The number of rotatable bonds is 2. The molecule has 0 aliphatic rings. The third-order valence-electron chi connectivity index (χ3n) is 2.11. The number of hydrogen-bond donors (Lipinski definition) is 0. The van der Waals surface area contributed by atoms with Crippen LogP contribution in [0.25, 0.3) is 5.57 Å². The summed E-state index contributed by atoms with van der Waals surface area (Å²) in [5.41, 5.74) is 4.12. The molecule has 0 atom stereocenters. The molecule has 0 aromatic carbocycles. The standard InChI is InChI=1S/C12H17N/c1-9(2)12(10(3)4)11-5-7-13-8-6-11/h5-9H,1-4H3. The quantitative estimate of drug-likeness (QED) is 0.670. The van der Waals surface area contributed by atoms with Gasteiger partial charge in [-0.15, -0.1) is 0 Å². The van der Waals surface area contributed by atoms with Gasteiger partial charge in [0.15, 0.2) is 0 Å². The highest BCUT2D eigenvalue weighted by atomic mass is 14.6. The van der Waals surface area contributed by atoms with E-state index in [-0.39, 0.29) is 0 Å². The van der Waals surface area contributed by atoms with E-state index in [1.54, 1.807) is 0 Å². The first-order chi connectivity index (χ1) is 6.13. The van der Waals surface area contributed by atoms with Gasteiger partial charge in [-0.3, -0.25) is 4.98 Å². The monoisotopic (exact) mass is 175 g/mol. The van der Waals surface area contributed by atoms with Crippen molar-refractivity contribution >= 4 is 5.57 Å². The molecule has 1 heterocycles. The highest BCUT2D eigenvalue weighted by molar-refractivity contribution is 5.68. The molecule has 0 spiro atoms. The molecule has 1 aromatic rings. The average Bonchev–Trinajstić information content (AvgIpc) is 2.04. The lowest BCUT2D eigenvalue weighted by Gasteiger charge is -2.13. The summed E-state index contributed by atoms with van der Waals surface area (Å²) in [5, 5.41) is 0. The smallest absolute Gasteiger partial charge is 0.0273 e. The first kappa shape index (κ1) is 9.97. The van der Waals surface area contributed by atoms with Crippen LogP contribution in [0.2, 0.25) is 0 Å². The molecule has 0 saturated heterocycles. The van der Waals surface area contributed by atoms with Crippen molar-refractivity contribution in [2.45, 2.75) is 27.7 Å². The Balaban J connectivity index is 3.12. The predicted molar refractivity (Wildman–Crippen MR) is 57.3 cm³/mol. The maximum absolute atomic E-state index is 4.02. The third-order valence-corrected chi connectivity index (χ3v) is 2.11. The van der Waals surface area contributed by atoms with Crippen LogP contribution >= 0.6 is 0 Å². The van der Waals surface area contributed by atoms with Crippen LogP contribution in [-0.4, -0.2) is 4.98 Å². The molecule has 0 fully saturated rings. The van der Waals surface area contributed by atoms with E-state index in [1.165, 1.54) is 16.7 Å². The van der Waals surface area contributed by atoms with Crippen molar-refractivity contribution in [1.82, 2.24) is 4.98 Å². The van der Waals surface area contributed by atoms with Crippen molar-refractivity contribution < 1.29 is 0 Å². The van der Waals surface area contributed by atoms with Crippen molar-refractivity contribution in [3.8, 4) is 0 Å². The van der Waals surface area contributed by atoms with Gasteiger partial charge in [0, 0.05) is 12.4 Å². The van der Waals surface area contributed by atoms with Gasteiger partial charge in [-0.1, -0.05) is 19.4 Å². The van der Waals surface area contributed by atoms with E-state index >= 15 is 0 Å². The van der Waals surface area contributed by atoms with Gasteiger partial charge >= 0.3 is 0 Å². The minimum atomic E-state index is 0.576. The van der Waals surface area contributed by atoms with Crippen molar-refractivity contribution in [2.24, 2.45) is 5.92 Å². The minimum Gasteiger partial charge on any atom is -0.265 e. The number of nitrogens with zero attached hydrogens (tertiary/aromatic N) is 1. The molecule has 13 heavy (non-hydrogen) atoms.